The lowest BCUT2D eigenvalue weighted by molar-refractivity contribution is -0.138. The van der Waals surface area contributed by atoms with Crippen molar-refractivity contribution in [2.45, 2.75) is 13.5 Å². The van der Waals surface area contributed by atoms with Crippen molar-refractivity contribution >= 4 is 69.6 Å². The molecule has 0 saturated heterocycles. The average molecular weight is 619 g/mol. The molecule has 0 fully saturated rings. The maximum Gasteiger partial charge on any atom is 0.344 e. The van der Waals surface area contributed by atoms with Crippen LogP contribution in [-0.2, 0) is 16.1 Å². The Morgan fingerprint density at radius 3 is 2.38 bits per heavy atom. The number of carbonyl (C=O) groups is 2. The Morgan fingerprint density at radius 1 is 1.00 bits per heavy atom. The molecule has 0 atom stereocenters. The first-order chi connectivity index (χ1) is 19.2. The number of rotatable bonds is 8. The smallest absolute Gasteiger partial charge is 0.344 e. The number of amides is 1. The predicted molar refractivity (Wildman–Crippen MR) is 159 cm³/mol. The highest BCUT2D eigenvalue weighted by molar-refractivity contribution is 8.18. The summed E-state index contributed by atoms with van der Waals surface area (Å²) in [4.78, 5) is 29.9. The molecule has 0 spiro atoms. The third kappa shape index (κ3) is 6.64. The van der Waals surface area contributed by atoms with Crippen molar-refractivity contribution in [1.29, 1.82) is 0 Å². The van der Waals surface area contributed by atoms with Crippen LogP contribution in [0.2, 0.25) is 15.1 Å². The number of benzene rings is 3. The Balaban J connectivity index is 1.67. The highest BCUT2D eigenvalue weighted by atomic mass is 35.5. The molecule has 40 heavy (non-hydrogen) atoms. The summed E-state index contributed by atoms with van der Waals surface area (Å²) in [5.74, 6) is -1.23. The van der Waals surface area contributed by atoms with E-state index in [0.717, 1.165) is 17.3 Å². The van der Waals surface area contributed by atoms with E-state index < -0.39 is 11.9 Å². The molecule has 1 aliphatic heterocycles. The van der Waals surface area contributed by atoms with Crippen LogP contribution in [0, 0.1) is 0 Å². The van der Waals surface area contributed by atoms with E-state index in [2.05, 4.69) is 4.99 Å². The first kappa shape index (κ1) is 29.6. The maximum atomic E-state index is 12.9. The van der Waals surface area contributed by atoms with Gasteiger partial charge in [0.2, 0.25) is 0 Å². The Hall–Kier alpha value is -3.43. The van der Waals surface area contributed by atoms with Crippen molar-refractivity contribution in [1.82, 2.24) is 0 Å². The van der Waals surface area contributed by atoms with Crippen LogP contribution in [0.15, 0.2) is 81.9 Å². The van der Waals surface area contributed by atoms with Gasteiger partial charge in [0.1, 0.15) is 23.0 Å². The molecule has 0 aliphatic carbocycles. The molecule has 206 valence electrons. The molecule has 0 saturated carbocycles. The van der Waals surface area contributed by atoms with Gasteiger partial charge in [-0.05, 0) is 48.9 Å². The fraction of sp³-hybridized carbons (Fsp3) is 0.138. The van der Waals surface area contributed by atoms with E-state index in [9.17, 15) is 14.7 Å². The van der Waals surface area contributed by atoms with Gasteiger partial charge in [-0.25, -0.2) is 9.79 Å². The molecule has 3 aromatic carbocycles. The molecule has 4 rings (SSSR count). The zero-order valence-electron chi connectivity index (χ0n) is 21.2. The summed E-state index contributed by atoms with van der Waals surface area (Å²) in [6.45, 7) is 1.86. The summed E-state index contributed by atoms with van der Waals surface area (Å²) in [6.07, 6.45) is 1.58. The van der Waals surface area contributed by atoms with Crippen LogP contribution < -0.4 is 9.47 Å². The van der Waals surface area contributed by atoms with E-state index in [-0.39, 0.29) is 50.1 Å². The first-order valence-corrected chi connectivity index (χ1v) is 13.8. The number of aliphatic hydroxyl groups excluding tert-OH is 1. The van der Waals surface area contributed by atoms with Crippen molar-refractivity contribution in [3.8, 4) is 11.5 Å². The van der Waals surface area contributed by atoms with E-state index in [0.29, 0.717) is 22.1 Å². The van der Waals surface area contributed by atoms with E-state index in [1.165, 1.54) is 13.2 Å². The van der Waals surface area contributed by atoms with Crippen LogP contribution in [0.1, 0.15) is 28.4 Å². The molecule has 0 unspecified atom stereocenters. The van der Waals surface area contributed by atoms with E-state index >= 15 is 0 Å². The molecule has 0 radical (unpaired) electrons. The summed E-state index contributed by atoms with van der Waals surface area (Å²) in [7, 11) is 1.47. The van der Waals surface area contributed by atoms with Crippen molar-refractivity contribution in [2.75, 3.05) is 13.7 Å². The van der Waals surface area contributed by atoms with Gasteiger partial charge in [-0.15, -0.1) is 0 Å². The number of methoxy groups -OCH3 is 1. The fourth-order valence-corrected chi connectivity index (χ4v) is 5.35. The van der Waals surface area contributed by atoms with Crippen molar-refractivity contribution < 1.29 is 28.9 Å². The lowest BCUT2D eigenvalue weighted by Crippen LogP contribution is -2.14. The highest BCUT2D eigenvalue weighted by Gasteiger charge is 2.34. The van der Waals surface area contributed by atoms with Crippen molar-refractivity contribution in [2.24, 2.45) is 4.99 Å². The molecular formula is C29H22Cl3NO6S. The number of ether oxygens (including phenoxy) is 3. The zero-order chi connectivity index (χ0) is 28.8. The number of carbonyl (C=O) groups excluding carboxylic acids is 2. The van der Waals surface area contributed by atoms with Gasteiger partial charge in [0.25, 0.3) is 5.91 Å². The van der Waals surface area contributed by atoms with Crippen LogP contribution in [0.4, 0.5) is 0 Å². The van der Waals surface area contributed by atoms with Gasteiger partial charge in [0.05, 0.1) is 34.2 Å². The standard InChI is InChI=1S/C29H22Cl3NO6S/c1-3-38-29(36)24-25(34)23(40-28(24)33-27(35)18-9-5-7-11-20(18)31)14-16-12-21(32)26(22(13-16)37-2)39-15-17-8-4-6-10-19(17)30/h4-14,34H,3,15H2,1-2H3/b23-14-,33-28?. The minimum atomic E-state index is -0.819. The molecule has 1 heterocycles. The average Bonchev–Trinajstić information content (AvgIpc) is 3.22. The number of aliphatic hydroxyl groups is 1. The number of halogens is 3. The van der Waals surface area contributed by atoms with E-state index in [4.69, 9.17) is 49.0 Å². The normalized spacial score (nSPS) is 15.0. The van der Waals surface area contributed by atoms with Crippen LogP contribution in [-0.4, -0.2) is 35.7 Å². The van der Waals surface area contributed by atoms with Gasteiger partial charge >= 0.3 is 5.97 Å². The summed E-state index contributed by atoms with van der Waals surface area (Å²) in [6, 6.07) is 16.9. The first-order valence-electron chi connectivity index (χ1n) is 11.8. The molecule has 0 bridgehead atoms. The SMILES string of the molecule is CCOC(=O)C1=C(O)/C(=C/c2cc(Cl)c(OCc3ccccc3Cl)c(OC)c2)SC1=NC(=O)c1ccccc1Cl. The molecule has 11 heteroatoms. The molecule has 3 aromatic rings. The zero-order valence-corrected chi connectivity index (χ0v) is 24.3. The fourth-order valence-electron chi connectivity index (χ4n) is 3.66. The molecular weight excluding hydrogens is 597 g/mol. The van der Waals surface area contributed by atoms with Crippen LogP contribution in [0.3, 0.4) is 0 Å². The number of aliphatic imine (C=N–C) groups is 1. The molecule has 1 amide bonds. The van der Waals surface area contributed by atoms with E-state index in [1.54, 1.807) is 49.4 Å². The Bertz CT molecular complexity index is 1570. The number of esters is 1. The Labute approximate surface area is 250 Å². The van der Waals surface area contributed by atoms with Gasteiger partial charge < -0.3 is 19.3 Å². The van der Waals surface area contributed by atoms with Crippen LogP contribution >= 0.6 is 46.6 Å². The van der Waals surface area contributed by atoms with E-state index in [1.807, 2.05) is 18.2 Å². The summed E-state index contributed by atoms with van der Waals surface area (Å²) in [5, 5.41) is 12.0. The second kappa shape index (κ2) is 13.3. The maximum absolute atomic E-state index is 12.9. The predicted octanol–water partition coefficient (Wildman–Crippen LogP) is 7.94. The molecule has 7 nitrogen and oxygen atoms in total. The molecule has 1 aliphatic rings. The van der Waals surface area contributed by atoms with Gasteiger partial charge in [-0.1, -0.05) is 76.9 Å². The van der Waals surface area contributed by atoms with Gasteiger partial charge in [0, 0.05) is 10.6 Å². The van der Waals surface area contributed by atoms with Crippen molar-refractivity contribution in [3.63, 3.8) is 0 Å². The quantitative estimate of drug-likeness (QED) is 0.256. The second-order valence-electron chi connectivity index (χ2n) is 8.17. The highest BCUT2D eigenvalue weighted by Crippen LogP contribution is 2.42. The van der Waals surface area contributed by atoms with Crippen LogP contribution in [0.5, 0.6) is 11.5 Å². The Morgan fingerprint density at radius 2 is 1.70 bits per heavy atom. The van der Waals surface area contributed by atoms with Gasteiger partial charge in [0.15, 0.2) is 11.5 Å². The Kier molecular flexibility index (Phi) is 9.81. The van der Waals surface area contributed by atoms with Crippen molar-refractivity contribution in [3.05, 3.63) is 109 Å². The molecule has 1 N–H and O–H groups in total. The summed E-state index contributed by atoms with van der Waals surface area (Å²) in [5.41, 5.74) is 1.23. The minimum Gasteiger partial charge on any atom is -0.506 e. The lowest BCUT2D eigenvalue weighted by atomic mass is 10.1. The third-order valence-electron chi connectivity index (χ3n) is 5.56. The number of thioether (sulfide) groups is 1. The summed E-state index contributed by atoms with van der Waals surface area (Å²) < 4.78 is 16.5. The molecule has 0 aromatic heterocycles. The van der Waals surface area contributed by atoms with Crippen LogP contribution in [0.25, 0.3) is 6.08 Å². The third-order valence-corrected chi connectivity index (χ3v) is 7.56. The number of nitrogens with zero attached hydrogens (tertiary/aromatic N) is 1. The largest absolute Gasteiger partial charge is 0.506 e. The lowest BCUT2D eigenvalue weighted by Gasteiger charge is -2.14. The topological polar surface area (TPSA) is 94.4 Å². The number of hydrogen-bond acceptors (Lipinski definition) is 7. The second-order valence-corrected chi connectivity index (χ2v) is 10.4. The number of hydrogen-bond donors (Lipinski definition) is 1. The van der Waals surface area contributed by atoms with Gasteiger partial charge in [-0.2, -0.15) is 0 Å². The minimum absolute atomic E-state index is 0.0233. The summed E-state index contributed by atoms with van der Waals surface area (Å²) >= 11 is 19.8. The van der Waals surface area contributed by atoms with Gasteiger partial charge in [-0.3, -0.25) is 4.79 Å². The monoisotopic (exact) mass is 617 g/mol.